The van der Waals surface area contributed by atoms with E-state index in [-0.39, 0.29) is 17.8 Å². The smallest absolute Gasteiger partial charge is 0.326 e. The fraction of sp³-hybridized carbons (Fsp3) is 0.368. The molecule has 1 N–H and O–H groups in total. The highest BCUT2D eigenvalue weighted by Gasteiger charge is 2.39. The van der Waals surface area contributed by atoms with Gasteiger partial charge in [-0.25, -0.2) is 4.98 Å². The van der Waals surface area contributed by atoms with Crippen LogP contribution >= 0.6 is 0 Å². The third-order valence-corrected chi connectivity index (χ3v) is 4.34. The van der Waals surface area contributed by atoms with E-state index in [0.717, 1.165) is 12.1 Å². The number of imidazole rings is 1. The van der Waals surface area contributed by atoms with E-state index in [1.54, 1.807) is 13.1 Å². The van der Waals surface area contributed by atoms with Gasteiger partial charge in [-0.3, -0.25) is 4.79 Å². The SMILES string of the molecule is C#CCCC1(CCC(=O)Nc2cc(-n3cnc(C)c3)cc(C(F)(F)F)c2)N=N1. The van der Waals surface area contributed by atoms with Crippen molar-refractivity contribution in [2.75, 3.05) is 5.32 Å². The fourth-order valence-corrected chi connectivity index (χ4v) is 2.76. The molecule has 0 unspecified atom stereocenters. The first-order valence-corrected chi connectivity index (χ1v) is 8.61. The molecule has 0 aliphatic carbocycles. The Hall–Kier alpha value is -3.15. The van der Waals surface area contributed by atoms with Crippen LogP contribution in [-0.4, -0.2) is 21.1 Å². The Balaban J connectivity index is 1.73. The second kappa shape index (κ2) is 7.46. The zero-order valence-electron chi connectivity index (χ0n) is 15.1. The molecule has 0 spiro atoms. The maximum atomic E-state index is 13.3. The van der Waals surface area contributed by atoms with Crippen LogP contribution in [0.3, 0.4) is 0 Å². The highest BCUT2D eigenvalue weighted by Crippen LogP contribution is 2.38. The van der Waals surface area contributed by atoms with Gasteiger partial charge in [0.15, 0.2) is 5.66 Å². The van der Waals surface area contributed by atoms with Gasteiger partial charge in [0.25, 0.3) is 0 Å². The average Bonchev–Trinajstić information content (AvgIpc) is 3.28. The molecule has 2 heterocycles. The topological polar surface area (TPSA) is 71.6 Å². The quantitative estimate of drug-likeness (QED) is 0.709. The number of nitrogens with zero attached hydrogens (tertiary/aromatic N) is 4. The van der Waals surface area contributed by atoms with Crippen LogP contribution in [0.4, 0.5) is 18.9 Å². The molecule has 0 saturated heterocycles. The van der Waals surface area contributed by atoms with Crippen molar-refractivity contribution in [2.45, 2.75) is 44.4 Å². The summed E-state index contributed by atoms with van der Waals surface area (Å²) in [5, 5.41) is 10.4. The predicted octanol–water partition coefficient (Wildman–Crippen LogP) is 4.49. The number of halogens is 3. The Bertz CT molecular complexity index is 949. The predicted molar refractivity (Wildman–Crippen MR) is 96.8 cm³/mol. The van der Waals surface area contributed by atoms with Crippen molar-refractivity contribution >= 4 is 11.6 Å². The monoisotopic (exact) mass is 389 g/mol. The van der Waals surface area contributed by atoms with Crippen molar-refractivity contribution in [1.29, 1.82) is 0 Å². The first-order chi connectivity index (χ1) is 13.2. The molecule has 1 aromatic carbocycles. The number of aromatic nitrogens is 2. The molecule has 2 aromatic rings. The molecule has 6 nitrogen and oxygen atoms in total. The lowest BCUT2D eigenvalue weighted by molar-refractivity contribution is -0.137. The normalized spacial score (nSPS) is 14.5. The number of carbonyl (C=O) groups excluding carboxylic acids is 1. The van der Waals surface area contributed by atoms with Gasteiger partial charge in [-0.2, -0.15) is 23.4 Å². The van der Waals surface area contributed by atoms with E-state index >= 15 is 0 Å². The number of nitrogens with one attached hydrogen (secondary N) is 1. The lowest BCUT2D eigenvalue weighted by Crippen LogP contribution is -2.18. The highest BCUT2D eigenvalue weighted by atomic mass is 19.4. The van der Waals surface area contributed by atoms with E-state index in [0.29, 0.717) is 25.0 Å². The van der Waals surface area contributed by atoms with Crippen LogP contribution < -0.4 is 5.32 Å². The van der Waals surface area contributed by atoms with Crippen molar-refractivity contribution in [2.24, 2.45) is 10.2 Å². The summed E-state index contributed by atoms with van der Waals surface area (Å²) < 4.78 is 41.2. The van der Waals surface area contributed by atoms with Crippen LogP contribution in [0.1, 0.15) is 36.9 Å². The zero-order chi connectivity index (χ0) is 20.4. The van der Waals surface area contributed by atoms with Crippen molar-refractivity contribution in [1.82, 2.24) is 9.55 Å². The fourth-order valence-electron chi connectivity index (χ4n) is 2.76. The maximum absolute atomic E-state index is 13.3. The Labute approximate surface area is 159 Å². The summed E-state index contributed by atoms with van der Waals surface area (Å²) in [6, 6.07) is 3.38. The van der Waals surface area contributed by atoms with Crippen molar-refractivity contribution in [3.63, 3.8) is 0 Å². The summed E-state index contributed by atoms with van der Waals surface area (Å²) in [5.41, 5.74) is -0.495. The molecule has 0 saturated carbocycles. The Morgan fingerprint density at radius 1 is 1.29 bits per heavy atom. The van der Waals surface area contributed by atoms with Gasteiger partial charge in [0.1, 0.15) is 0 Å². The molecule has 28 heavy (non-hydrogen) atoms. The first-order valence-electron chi connectivity index (χ1n) is 8.61. The van der Waals surface area contributed by atoms with Gasteiger partial charge in [-0.15, -0.1) is 12.3 Å². The number of alkyl halides is 3. The summed E-state index contributed by atoms with van der Waals surface area (Å²) >= 11 is 0. The Kier molecular flexibility index (Phi) is 5.23. The number of hydrogen-bond donors (Lipinski definition) is 1. The molecule has 3 rings (SSSR count). The minimum atomic E-state index is -4.55. The lowest BCUT2D eigenvalue weighted by Gasteiger charge is -2.14. The summed E-state index contributed by atoms with van der Waals surface area (Å²) in [4.78, 5) is 16.3. The van der Waals surface area contributed by atoms with Gasteiger partial charge in [0.2, 0.25) is 5.91 Å². The number of rotatable bonds is 7. The highest BCUT2D eigenvalue weighted by molar-refractivity contribution is 5.91. The number of carbonyl (C=O) groups is 1. The van der Waals surface area contributed by atoms with Gasteiger partial charge < -0.3 is 9.88 Å². The maximum Gasteiger partial charge on any atom is 0.416 e. The van der Waals surface area contributed by atoms with Gasteiger partial charge in [-0.1, -0.05) is 0 Å². The molecule has 9 heteroatoms. The molecule has 1 aliphatic heterocycles. The zero-order valence-corrected chi connectivity index (χ0v) is 15.1. The van der Waals surface area contributed by atoms with Gasteiger partial charge in [0, 0.05) is 43.3 Å². The molecule has 1 amide bonds. The minimum Gasteiger partial charge on any atom is -0.326 e. The molecule has 0 bridgehead atoms. The third kappa shape index (κ3) is 4.76. The van der Waals surface area contributed by atoms with Gasteiger partial charge in [0.05, 0.1) is 17.6 Å². The van der Waals surface area contributed by atoms with Gasteiger partial charge >= 0.3 is 6.18 Å². The molecule has 1 aliphatic rings. The average molecular weight is 389 g/mol. The van der Waals surface area contributed by atoms with Crippen molar-refractivity contribution < 1.29 is 18.0 Å². The molecule has 1 aromatic heterocycles. The number of benzene rings is 1. The standard InChI is InChI=1S/C19H18F3N5O/c1-3-4-6-18(25-26-18)7-5-17(28)24-15-8-14(19(20,21)22)9-16(10-15)27-11-13(2)23-12-27/h1,8-12H,4-7H2,2H3,(H,24,28). The molecule has 0 atom stereocenters. The second-order valence-electron chi connectivity index (χ2n) is 6.62. The number of amides is 1. The van der Waals surface area contributed by atoms with Crippen LogP contribution in [0.2, 0.25) is 0 Å². The number of terminal acetylenes is 1. The van der Waals surface area contributed by atoms with Crippen molar-refractivity contribution in [3.8, 4) is 18.0 Å². The van der Waals surface area contributed by atoms with Crippen LogP contribution in [-0.2, 0) is 11.0 Å². The summed E-state index contributed by atoms with van der Waals surface area (Å²) in [5.74, 6) is 2.09. The molecule has 0 radical (unpaired) electrons. The lowest BCUT2D eigenvalue weighted by atomic mass is 10.0. The number of aryl methyl sites for hydroxylation is 1. The van der Waals surface area contributed by atoms with E-state index in [9.17, 15) is 18.0 Å². The Morgan fingerprint density at radius 2 is 2.04 bits per heavy atom. The molecular formula is C19H18F3N5O. The Morgan fingerprint density at radius 3 is 2.61 bits per heavy atom. The van der Waals surface area contributed by atoms with Crippen LogP contribution in [0, 0.1) is 19.3 Å². The van der Waals surface area contributed by atoms with E-state index in [1.807, 2.05) is 0 Å². The van der Waals surface area contributed by atoms with E-state index in [4.69, 9.17) is 6.42 Å². The van der Waals surface area contributed by atoms with Gasteiger partial charge in [-0.05, 0) is 25.1 Å². The molecule has 146 valence electrons. The second-order valence-corrected chi connectivity index (χ2v) is 6.62. The summed E-state index contributed by atoms with van der Waals surface area (Å²) in [6.45, 7) is 1.73. The molecular weight excluding hydrogens is 371 g/mol. The number of anilines is 1. The van der Waals surface area contributed by atoms with Crippen LogP contribution in [0.25, 0.3) is 5.69 Å². The summed E-state index contributed by atoms with van der Waals surface area (Å²) in [6.07, 6.45) is 5.20. The van der Waals surface area contributed by atoms with Crippen molar-refractivity contribution in [3.05, 3.63) is 42.0 Å². The van der Waals surface area contributed by atoms with E-state index in [1.165, 1.54) is 17.0 Å². The third-order valence-electron chi connectivity index (χ3n) is 4.34. The van der Waals surface area contributed by atoms with Crippen LogP contribution in [0.15, 0.2) is 41.0 Å². The molecule has 0 fully saturated rings. The largest absolute Gasteiger partial charge is 0.416 e. The summed E-state index contributed by atoms with van der Waals surface area (Å²) in [7, 11) is 0. The van der Waals surface area contributed by atoms with Crippen LogP contribution in [0.5, 0.6) is 0 Å². The van der Waals surface area contributed by atoms with E-state index < -0.39 is 23.3 Å². The number of hydrogen-bond acceptors (Lipinski definition) is 4. The van der Waals surface area contributed by atoms with E-state index in [2.05, 4.69) is 26.4 Å². The first kappa shape index (κ1) is 19.6. The minimum absolute atomic E-state index is 0.0588.